The first-order valence-electron chi connectivity index (χ1n) is 4.61. The quantitative estimate of drug-likeness (QED) is 0.833. The Bertz CT molecular complexity index is 578. The van der Waals surface area contributed by atoms with Crippen molar-refractivity contribution in [1.29, 1.82) is 5.26 Å². The van der Waals surface area contributed by atoms with E-state index in [1.807, 2.05) is 6.07 Å². The van der Waals surface area contributed by atoms with Gasteiger partial charge >= 0.3 is 0 Å². The minimum Gasteiger partial charge on any atom is -0.392 e. The van der Waals surface area contributed by atoms with Crippen molar-refractivity contribution in [2.24, 2.45) is 0 Å². The van der Waals surface area contributed by atoms with Gasteiger partial charge in [-0.3, -0.25) is 0 Å². The standard InChI is InChI=1S/C10H7ClN4OS/c11-8-1-6(4-16)2-9(14-8)15-10-13-7(3-12)5-17-10/h1-2,5,16H,4H2,(H,13,14,15). The predicted molar refractivity (Wildman–Crippen MR) is 65.3 cm³/mol. The van der Waals surface area contributed by atoms with Gasteiger partial charge in [0.15, 0.2) is 10.8 Å². The molecule has 0 atom stereocenters. The summed E-state index contributed by atoms with van der Waals surface area (Å²) in [5.74, 6) is 0.486. The number of hydrogen-bond donors (Lipinski definition) is 2. The van der Waals surface area contributed by atoms with Crippen LogP contribution in [0.2, 0.25) is 5.15 Å². The van der Waals surface area contributed by atoms with Crippen molar-refractivity contribution in [3.8, 4) is 6.07 Å². The minimum atomic E-state index is -0.113. The van der Waals surface area contributed by atoms with E-state index in [1.54, 1.807) is 17.5 Å². The maximum atomic E-state index is 9.02. The third-order valence-corrected chi connectivity index (χ3v) is 2.84. The highest BCUT2D eigenvalue weighted by Gasteiger charge is 2.04. The fourth-order valence-electron chi connectivity index (χ4n) is 1.20. The Morgan fingerprint density at radius 3 is 2.94 bits per heavy atom. The fraction of sp³-hybridized carbons (Fsp3) is 0.100. The van der Waals surface area contributed by atoms with E-state index in [4.69, 9.17) is 22.0 Å². The Hall–Kier alpha value is -1.68. The van der Waals surface area contributed by atoms with Crippen molar-refractivity contribution in [3.63, 3.8) is 0 Å². The monoisotopic (exact) mass is 266 g/mol. The van der Waals surface area contributed by atoms with E-state index in [0.717, 1.165) is 0 Å². The molecule has 0 saturated carbocycles. The molecule has 2 rings (SSSR count). The highest BCUT2D eigenvalue weighted by molar-refractivity contribution is 7.13. The van der Waals surface area contributed by atoms with E-state index in [9.17, 15) is 0 Å². The molecular formula is C10H7ClN4OS. The average Bonchev–Trinajstić information content (AvgIpc) is 2.76. The van der Waals surface area contributed by atoms with Gasteiger partial charge < -0.3 is 10.4 Å². The van der Waals surface area contributed by atoms with Gasteiger partial charge in [-0.25, -0.2) is 9.97 Å². The summed E-state index contributed by atoms with van der Waals surface area (Å²) in [5, 5.41) is 23.1. The van der Waals surface area contributed by atoms with Crippen molar-refractivity contribution >= 4 is 33.9 Å². The molecular weight excluding hydrogens is 260 g/mol. The molecule has 0 saturated heterocycles. The second-order valence-electron chi connectivity index (χ2n) is 3.12. The largest absolute Gasteiger partial charge is 0.392 e. The van der Waals surface area contributed by atoms with Gasteiger partial charge in [-0.15, -0.1) is 11.3 Å². The van der Waals surface area contributed by atoms with Crippen LogP contribution >= 0.6 is 22.9 Å². The molecule has 0 aliphatic heterocycles. The highest BCUT2D eigenvalue weighted by Crippen LogP contribution is 2.21. The number of thiazole rings is 1. The molecule has 2 aromatic heterocycles. The van der Waals surface area contributed by atoms with Crippen molar-refractivity contribution < 1.29 is 5.11 Å². The Morgan fingerprint density at radius 2 is 2.29 bits per heavy atom. The van der Waals surface area contributed by atoms with Crippen LogP contribution in [-0.2, 0) is 6.61 Å². The Morgan fingerprint density at radius 1 is 1.47 bits per heavy atom. The molecule has 86 valence electrons. The van der Waals surface area contributed by atoms with Crippen LogP contribution < -0.4 is 5.32 Å². The van der Waals surface area contributed by atoms with Crippen LogP contribution in [0.25, 0.3) is 0 Å². The number of halogens is 1. The molecule has 0 spiro atoms. The Labute approximate surface area is 106 Å². The summed E-state index contributed by atoms with van der Waals surface area (Å²) in [4.78, 5) is 8.05. The number of nitriles is 1. The highest BCUT2D eigenvalue weighted by atomic mass is 35.5. The van der Waals surface area contributed by atoms with Gasteiger partial charge in [0.1, 0.15) is 17.0 Å². The number of hydrogen-bond acceptors (Lipinski definition) is 6. The first kappa shape index (κ1) is 11.8. The van der Waals surface area contributed by atoms with E-state index in [0.29, 0.717) is 22.2 Å². The van der Waals surface area contributed by atoms with Gasteiger partial charge in [0.25, 0.3) is 0 Å². The van der Waals surface area contributed by atoms with E-state index < -0.39 is 0 Å². The van der Waals surface area contributed by atoms with E-state index in [-0.39, 0.29) is 11.8 Å². The number of pyridine rings is 1. The van der Waals surface area contributed by atoms with E-state index >= 15 is 0 Å². The van der Waals surface area contributed by atoms with Crippen molar-refractivity contribution in [2.45, 2.75) is 6.61 Å². The normalized spacial score (nSPS) is 9.94. The minimum absolute atomic E-state index is 0.113. The zero-order chi connectivity index (χ0) is 12.3. The van der Waals surface area contributed by atoms with Gasteiger partial charge in [0.2, 0.25) is 0 Å². The maximum absolute atomic E-state index is 9.02. The van der Waals surface area contributed by atoms with Gasteiger partial charge in [-0.1, -0.05) is 11.6 Å². The predicted octanol–water partition coefficient (Wildman–Crippen LogP) is 2.30. The summed E-state index contributed by atoms with van der Waals surface area (Å²) in [7, 11) is 0. The molecule has 0 radical (unpaired) electrons. The van der Waals surface area contributed by atoms with Crippen LogP contribution in [0.1, 0.15) is 11.3 Å². The maximum Gasteiger partial charge on any atom is 0.189 e. The fourth-order valence-corrected chi connectivity index (χ4v) is 2.07. The van der Waals surface area contributed by atoms with Gasteiger partial charge in [0.05, 0.1) is 6.61 Å². The van der Waals surface area contributed by atoms with Gasteiger partial charge in [0, 0.05) is 5.38 Å². The third kappa shape index (κ3) is 2.91. The van der Waals surface area contributed by atoms with Crippen LogP contribution in [0.3, 0.4) is 0 Å². The second kappa shape index (κ2) is 5.10. The number of nitrogens with one attached hydrogen (secondary N) is 1. The zero-order valence-electron chi connectivity index (χ0n) is 8.51. The SMILES string of the molecule is N#Cc1csc(Nc2cc(CO)cc(Cl)n2)n1. The van der Waals surface area contributed by atoms with Crippen LogP contribution in [0.4, 0.5) is 10.9 Å². The van der Waals surface area contributed by atoms with Crippen molar-refractivity contribution in [1.82, 2.24) is 9.97 Å². The molecule has 0 aliphatic rings. The molecule has 5 nitrogen and oxygen atoms in total. The lowest BCUT2D eigenvalue weighted by molar-refractivity contribution is 0.282. The summed E-state index contributed by atoms with van der Waals surface area (Å²) in [6.45, 7) is -0.113. The summed E-state index contributed by atoms with van der Waals surface area (Å²) in [6.07, 6.45) is 0. The van der Waals surface area contributed by atoms with E-state index in [2.05, 4.69) is 15.3 Å². The molecule has 0 unspecified atom stereocenters. The molecule has 2 heterocycles. The van der Waals surface area contributed by atoms with Gasteiger partial charge in [-0.05, 0) is 17.7 Å². The van der Waals surface area contributed by atoms with Crippen molar-refractivity contribution in [2.75, 3.05) is 5.32 Å². The Kier molecular flexibility index (Phi) is 3.54. The molecule has 0 aromatic carbocycles. The van der Waals surface area contributed by atoms with Crippen LogP contribution in [0.5, 0.6) is 0 Å². The molecule has 0 aliphatic carbocycles. The number of rotatable bonds is 3. The number of anilines is 2. The molecule has 0 amide bonds. The average molecular weight is 267 g/mol. The van der Waals surface area contributed by atoms with Crippen LogP contribution in [-0.4, -0.2) is 15.1 Å². The van der Waals surface area contributed by atoms with Crippen LogP contribution in [0, 0.1) is 11.3 Å². The summed E-state index contributed by atoms with van der Waals surface area (Å²) < 4.78 is 0. The Balaban J connectivity index is 2.23. The molecule has 7 heteroatoms. The zero-order valence-corrected chi connectivity index (χ0v) is 10.1. The first-order valence-corrected chi connectivity index (χ1v) is 5.87. The lowest BCUT2D eigenvalue weighted by atomic mass is 10.3. The number of aliphatic hydroxyl groups is 1. The lowest BCUT2D eigenvalue weighted by Crippen LogP contribution is -1.95. The number of nitrogens with zero attached hydrogens (tertiary/aromatic N) is 3. The number of aromatic nitrogens is 2. The smallest absolute Gasteiger partial charge is 0.189 e. The molecule has 2 aromatic rings. The third-order valence-electron chi connectivity index (χ3n) is 1.89. The summed E-state index contributed by atoms with van der Waals surface area (Å²) in [5.41, 5.74) is 1.01. The molecule has 0 fully saturated rings. The molecule has 0 bridgehead atoms. The lowest BCUT2D eigenvalue weighted by Gasteiger charge is -2.04. The topological polar surface area (TPSA) is 81.8 Å². The summed E-state index contributed by atoms with van der Waals surface area (Å²) >= 11 is 7.09. The van der Waals surface area contributed by atoms with Crippen molar-refractivity contribution in [3.05, 3.63) is 33.9 Å². The molecule has 17 heavy (non-hydrogen) atoms. The first-order chi connectivity index (χ1) is 8.21. The van der Waals surface area contributed by atoms with Gasteiger partial charge in [-0.2, -0.15) is 5.26 Å². The molecule has 2 N–H and O–H groups in total. The van der Waals surface area contributed by atoms with E-state index in [1.165, 1.54) is 11.3 Å². The number of aliphatic hydroxyl groups excluding tert-OH is 1. The van der Waals surface area contributed by atoms with Crippen LogP contribution in [0.15, 0.2) is 17.5 Å². The summed E-state index contributed by atoms with van der Waals surface area (Å²) in [6, 6.07) is 5.18. The second-order valence-corrected chi connectivity index (χ2v) is 4.36.